The van der Waals surface area contributed by atoms with Gasteiger partial charge in [-0.05, 0) is 26.0 Å². The number of halogens is 1. The summed E-state index contributed by atoms with van der Waals surface area (Å²) < 4.78 is 10.9. The molecule has 4 nitrogen and oxygen atoms in total. The summed E-state index contributed by atoms with van der Waals surface area (Å²) in [6.07, 6.45) is 0. The van der Waals surface area contributed by atoms with Gasteiger partial charge in [0.05, 0.1) is 13.2 Å². The summed E-state index contributed by atoms with van der Waals surface area (Å²) in [5.74, 6) is 0. The molecule has 0 heterocycles. The number of hydrogen-bond acceptors (Lipinski definition) is 4. The van der Waals surface area contributed by atoms with Gasteiger partial charge >= 0.3 is 0 Å². The lowest BCUT2D eigenvalue weighted by Crippen LogP contribution is -2.04. The van der Waals surface area contributed by atoms with Crippen LogP contribution in [0.1, 0.15) is 19.4 Å². The third-order valence-corrected chi connectivity index (χ3v) is 3.79. The van der Waals surface area contributed by atoms with Crippen LogP contribution in [0.3, 0.4) is 0 Å². The SMILES string of the molecule is CCOP(OCC)C(=NO)c1ccc(Cl)cc1. The van der Waals surface area contributed by atoms with Crippen molar-refractivity contribution in [1.82, 2.24) is 0 Å². The fourth-order valence-corrected chi connectivity index (χ4v) is 2.54. The first-order valence-corrected chi connectivity index (χ1v) is 6.82. The van der Waals surface area contributed by atoms with E-state index < -0.39 is 8.38 Å². The van der Waals surface area contributed by atoms with E-state index in [9.17, 15) is 0 Å². The van der Waals surface area contributed by atoms with Gasteiger partial charge in [-0.25, -0.2) is 0 Å². The van der Waals surface area contributed by atoms with Crippen LogP contribution in [0.4, 0.5) is 0 Å². The minimum Gasteiger partial charge on any atom is -0.410 e. The highest BCUT2D eigenvalue weighted by Gasteiger charge is 2.20. The zero-order valence-electron chi connectivity index (χ0n) is 9.76. The van der Waals surface area contributed by atoms with Gasteiger partial charge in [0.1, 0.15) is 0 Å². The van der Waals surface area contributed by atoms with Crippen LogP contribution >= 0.6 is 20.0 Å². The lowest BCUT2D eigenvalue weighted by Gasteiger charge is -2.16. The maximum atomic E-state index is 9.08. The van der Waals surface area contributed by atoms with E-state index in [1.165, 1.54) is 0 Å². The molecule has 0 aromatic heterocycles. The van der Waals surface area contributed by atoms with Crippen LogP contribution in [0, 0.1) is 0 Å². The van der Waals surface area contributed by atoms with Gasteiger partial charge in [-0.3, -0.25) is 0 Å². The molecule has 0 aliphatic rings. The molecule has 0 saturated carbocycles. The summed E-state index contributed by atoms with van der Waals surface area (Å²) in [6.45, 7) is 4.73. The molecule has 0 amide bonds. The Morgan fingerprint density at radius 3 is 2.18 bits per heavy atom. The van der Waals surface area contributed by atoms with Crippen LogP contribution in [0.25, 0.3) is 0 Å². The van der Waals surface area contributed by atoms with Crippen molar-refractivity contribution < 1.29 is 14.3 Å². The second-order valence-electron chi connectivity index (χ2n) is 3.02. The van der Waals surface area contributed by atoms with Crippen LogP contribution < -0.4 is 0 Å². The highest BCUT2D eigenvalue weighted by molar-refractivity contribution is 7.67. The standard InChI is InChI=1S/C11H15ClNO3P/c1-3-15-17(16-4-2)11(13-14)9-5-7-10(12)8-6-9/h5-8,14H,3-4H2,1-2H3. The van der Waals surface area contributed by atoms with Crippen LogP contribution in [-0.4, -0.2) is 23.9 Å². The number of hydrogen-bond donors (Lipinski definition) is 1. The average molecular weight is 276 g/mol. The molecule has 6 heteroatoms. The topological polar surface area (TPSA) is 51.0 Å². The van der Waals surface area contributed by atoms with E-state index in [-0.39, 0.29) is 0 Å². The van der Waals surface area contributed by atoms with Crippen LogP contribution in [0.5, 0.6) is 0 Å². The van der Waals surface area contributed by atoms with Crippen LogP contribution in [0.15, 0.2) is 29.4 Å². The van der Waals surface area contributed by atoms with Gasteiger partial charge in [0.2, 0.25) is 8.38 Å². The lowest BCUT2D eigenvalue weighted by atomic mass is 10.2. The molecule has 0 unspecified atom stereocenters. The van der Waals surface area contributed by atoms with Crippen molar-refractivity contribution in [2.45, 2.75) is 13.8 Å². The predicted molar refractivity (Wildman–Crippen MR) is 69.9 cm³/mol. The second-order valence-corrected chi connectivity index (χ2v) is 4.91. The van der Waals surface area contributed by atoms with Crippen molar-refractivity contribution >= 4 is 25.4 Å². The maximum Gasteiger partial charge on any atom is 0.229 e. The first kappa shape index (κ1) is 14.4. The van der Waals surface area contributed by atoms with Crippen molar-refractivity contribution in [1.29, 1.82) is 0 Å². The highest BCUT2D eigenvalue weighted by atomic mass is 35.5. The minimum atomic E-state index is -1.35. The minimum absolute atomic E-state index is 0.403. The summed E-state index contributed by atoms with van der Waals surface area (Å²) in [5.41, 5.74) is 1.14. The molecule has 1 aromatic rings. The normalized spacial score (nSPS) is 12.1. The monoisotopic (exact) mass is 275 g/mol. The molecule has 0 spiro atoms. The molecule has 94 valence electrons. The van der Waals surface area contributed by atoms with E-state index in [0.717, 1.165) is 5.56 Å². The third kappa shape index (κ3) is 4.25. The summed E-state index contributed by atoms with van der Waals surface area (Å²) in [4.78, 5) is 0. The molecule has 0 aliphatic carbocycles. The summed E-state index contributed by atoms with van der Waals surface area (Å²) in [5, 5.41) is 13.0. The van der Waals surface area contributed by atoms with Gasteiger partial charge in [-0.2, -0.15) is 0 Å². The van der Waals surface area contributed by atoms with Crippen LogP contribution in [-0.2, 0) is 9.05 Å². The molecule has 17 heavy (non-hydrogen) atoms. The molecule has 0 aliphatic heterocycles. The zero-order valence-corrected chi connectivity index (χ0v) is 11.4. The molecular formula is C11H15ClNO3P. The van der Waals surface area contributed by atoms with Gasteiger partial charge in [0.15, 0.2) is 5.45 Å². The number of benzene rings is 1. The molecule has 0 bridgehead atoms. The Hall–Kier alpha value is -0.670. The molecule has 1 aromatic carbocycles. The number of rotatable bonds is 6. The van der Waals surface area contributed by atoms with E-state index in [2.05, 4.69) is 5.16 Å². The Bertz CT molecular complexity index is 363. The Morgan fingerprint density at radius 1 is 1.24 bits per heavy atom. The van der Waals surface area contributed by atoms with Crippen LogP contribution in [0.2, 0.25) is 5.02 Å². The summed E-state index contributed by atoms with van der Waals surface area (Å²) in [6, 6.07) is 7.00. The second kappa shape index (κ2) is 7.62. The molecule has 0 atom stereocenters. The van der Waals surface area contributed by atoms with E-state index >= 15 is 0 Å². The van der Waals surface area contributed by atoms with E-state index in [1.54, 1.807) is 24.3 Å². The van der Waals surface area contributed by atoms with Gasteiger partial charge in [0.25, 0.3) is 0 Å². The number of nitrogens with zero attached hydrogens (tertiary/aromatic N) is 1. The summed E-state index contributed by atoms with van der Waals surface area (Å²) in [7, 11) is -1.35. The van der Waals surface area contributed by atoms with E-state index in [1.807, 2.05) is 13.8 Å². The maximum absolute atomic E-state index is 9.08. The fourth-order valence-electron chi connectivity index (χ4n) is 1.19. The van der Waals surface area contributed by atoms with Gasteiger partial charge in [-0.15, -0.1) is 0 Å². The molecule has 0 saturated heterocycles. The van der Waals surface area contributed by atoms with E-state index in [4.69, 9.17) is 25.9 Å². The molecular weight excluding hydrogens is 261 g/mol. The third-order valence-electron chi connectivity index (χ3n) is 1.86. The lowest BCUT2D eigenvalue weighted by molar-refractivity contribution is 0.276. The molecule has 1 N–H and O–H groups in total. The van der Waals surface area contributed by atoms with Crippen molar-refractivity contribution in [3.63, 3.8) is 0 Å². The largest absolute Gasteiger partial charge is 0.410 e. The van der Waals surface area contributed by atoms with Crippen molar-refractivity contribution in [3.05, 3.63) is 34.9 Å². The van der Waals surface area contributed by atoms with Gasteiger partial charge < -0.3 is 14.3 Å². The smallest absolute Gasteiger partial charge is 0.229 e. The zero-order chi connectivity index (χ0) is 12.7. The van der Waals surface area contributed by atoms with Crippen molar-refractivity contribution in [2.24, 2.45) is 5.16 Å². The number of oxime groups is 1. The molecule has 1 rings (SSSR count). The van der Waals surface area contributed by atoms with Crippen molar-refractivity contribution in [2.75, 3.05) is 13.2 Å². The highest BCUT2D eigenvalue weighted by Crippen LogP contribution is 2.42. The molecule has 0 radical (unpaired) electrons. The van der Waals surface area contributed by atoms with Gasteiger partial charge in [0, 0.05) is 10.6 Å². The molecule has 0 fully saturated rings. The fraction of sp³-hybridized carbons (Fsp3) is 0.364. The van der Waals surface area contributed by atoms with E-state index in [0.29, 0.717) is 23.7 Å². The Kier molecular flexibility index (Phi) is 6.45. The average Bonchev–Trinajstić information content (AvgIpc) is 2.33. The van der Waals surface area contributed by atoms with Crippen molar-refractivity contribution in [3.8, 4) is 0 Å². The van der Waals surface area contributed by atoms with Gasteiger partial charge in [-0.1, -0.05) is 28.9 Å². The Labute approximate surface area is 107 Å². The summed E-state index contributed by atoms with van der Waals surface area (Å²) >= 11 is 5.80. The Morgan fingerprint density at radius 2 is 1.76 bits per heavy atom. The first-order chi connectivity index (χ1) is 8.22. The quantitative estimate of drug-likeness (QED) is 0.371. The predicted octanol–water partition coefficient (Wildman–Crippen LogP) is 3.86. The Balaban J connectivity index is 2.92. The first-order valence-electron chi connectivity index (χ1n) is 5.26.